The first-order valence-electron chi connectivity index (χ1n) is 13.8. The van der Waals surface area contributed by atoms with Crippen LogP contribution in [0.1, 0.15) is 39.9 Å². The van der Waals surface area contributed by atoms with E-state index in [9.17, 15) is 4.79 Å². The van der Waals surface area contributed by atoms with E-state index >= 15 is 0 Å². The van der Waals surface area contributed by atoms with Gasteiger partial charge in [0.2, 0.25) is 0 Å². The third-order valence-electron chi connectivity index (χ3n) is 6.88. The van der Waals surface area contributed by atoms with E-state index in [1.165, 1.54) is 17.5 Å². The molecule has 2 aromatic heterocycles. The third kappa shape index (κ3) is 10.1. The van der Waals surface area contributed by atoms with E-state index in [4.69, 9.17) is 17.2 Å². The van der Waals surface area contributed by atoms with E-state index in [1.807, 2.05) is 36.4 Å². The maximum absolute atomic E-state index is 10.1. The number of carbonyl (C=O) groups is 1. The van der Waals surface area contributed by atoms with Crippen molar-refractivity contribution in [3.63, 3.8) is 0 Å². The number of hydrogen-bond donors (Lipinski definition) is 4. The second kappa shape index (κ2) is 15.3. The highest BCUT2D eigenvalue weighted by Gasteiger charge is 2.34. The zero-order valence-corrected chi connectivity index (χ0v) is 23.1. The molecule has 0 aliphatic heterocycles. The van der Waals surface area contributed by atoms with Crippen molar-refractivity contribution >= 4 is 30.1 Å². The molecule has 2 aliphatic rings. The van der Waals surface area contributed by atoms with Crippen molar-refractivity contribution in [2.45, 2.75) is 31.5 Å². The Morgan fingerprint density at radius 3 is 1.80 bits per heavy atom. The van der Waals surface area contributed by atoms with E-state index in [-0.39, 0.29) is 5.82 Å². The first-order chi connectivity index (χ1) is 20.0. The molecule has 6 rings (SSSR count). The van der Waals surface area contributed by atoms with Crippen molar-refractivity contribution in [1.82, 2.24) is 15.3 Å². The van der Waals surface area contributed by atoms with Gasteiger partial charge in [0.05, 0.1) is 5.56 Å². The van der Waals surface area contributed by atoms with Gasteiger partial charge in [-0.2, -0.15) is 0 Å². The van der Waals surface area contributed by atoms with Crippen LogP contribution in [0, 0.1) is 11.8 Å². The summed E-state index contributed by atoms with van der Waals surface area (Å²) in [6.45, 7) is 0.792. The van der Waals surface area contributed by atoms with Crippen LogP contribution in [0.3, 0.4) is 0 Å². The number of hydrogen-bond acceptors (Lipinski definition) is 7. The average molecular weight is 547 g/mol. The molecule has 7 nitrogen and oxygen atoms in total. The van der Waals surface area contributed by atoms with Gasteiger partial charge in [-0.3, -0.25) is 4.79 Å². The Kier molecular flexibility index (Phi) is 10.9. The van der Waals surface area contributed by atoms with Crippen molar-refractivity contribution in [2.24, 2.45) is 17.6 Å². The van der Waals surface area contributed by atoms with Crippen molar-refractivity contribution in [2.75, 3.05) is 11.5 Å². The van der Waals surface area contributed by atoms with Gasteiger partial charge in [0.1, 0.15) is 11.6 Å². The molecule has 4 aromatic rings. The Bertz CT molecular complexity index is 1420. The maximum Gasteiger partial charge on any atom is 0.153 e. The summed E-state index contributed by atoms with van der Waals surface area (Å²) in [5.41, 5.74) is 20.8. The van der Waals surface area contributed by atoms with Crippen LogP contribution < -0.4 is 22.5 Å². The Balaban J connectivity index is 0.000000156. The Hall–Kier alpha value is -4.59. The molecule has 0 amide bonds. The van der Waals surface area contributed by atoms with Crippen LogP contribution in [0.4, 0.5) is 11.6 Å². The van der Waals surface area contributed by atoms with Gasteiger partial charge in [-0.25, -0.2) is 9.97 Å². The van der Waals surface area contributed by atoms with Crippen LogP contribution in [-0.4, -0.2) is 28.3 Å². The van der Waals surface area contributed by atoms with Gasteiger partial charge in [-0.1, -0.05) is 91.0 Å². The lowest BCUT2D eigenvalue weighted by Gasteiger charge is -2.05. The Labute approximate surface area is 242 Å². The lowest BCUT2D eigenvalue weighted by molar-refractivity contribution is 0.112. The standard InChI is InChI=1S/C17H19N3.C11H13N.C6H6N2O/c18-17-15(7-4-10-19-17)12-20-16-11-14(16)9-8-13-5-2-1-3-6-13;12-11-8-10(11)7-6-9-4-2-1-3-5-9;7-6-5(4-9)2-1-3-8-6/h1-10,14,16,20H,11-12H2,(H2,18,19);1-7,10-11H,8,12H2;1-4H,(H2,7,8)/b9-8+;7-6+;. The predicted octanol–water partition coefficient (Wildman–Crippen LogP) is 5.38. The molecule has 210 valence electrons. The highest BCUT2D eigenvalue weighted by atomic mass is 16.1. The average Bonchev–Trinajstić information content (AvgIpc) is 3.94. The summed E-state index contributed by atoms with van der Waals surface area (Å²) in [6, 6.07) is 29.0. The molecule has 2 heterocycles. The van der Waals surface area contributed by atoms with Gasteiger partial charge in [0.25, 0.3) is 0 Å². The third-order valence-corrected chi connectivity index (χ3v) is 6.88. The summed E-state index contributed by atoms with van der Waals surface area (Å²) in [5, 5.41) is 3.53. The zero-order valence-electron chi connectivity index (χ0n) is 23.1. The summed E-state index contributed by atoms with van der Waals surface area (Å²) < 4.78 is 0. The first-order valence-corrected chi connectivity index (χ1v) is 13.8. The highest BCUT2D eigenvalue weighted by Crippen LogP contribution is 2.32. The molecule has 2 saturated carbocycles. The van der Waals surface area contributed by atoms with Gasteiger partial charge < -0.3 is 22.5 Å². The fourth-order valence-corrected chi connectivity index (χ4v) is 4.09. The normalized spacial score (nSPS) is 20.4. The van der Waals surface area contributed by atoms with Crippen LogP contribution in [-0.2, 0) is 6.54 Å². The minimum Gasteiger partial charge on any atom is -0.383 e. The van der Waals surface area contributed by atoms with Gasteiger partial charge in [-0.15, -0.1) is 0 Å². The van der Waals surface area contributed by atoms with Gasteiger partial charge in [0, 0.05) is 36.6 Å². The number of benzene rings is 2. The van der Waals surface area contributed by atoms with Crippen LogP contribution in [0.5, 0.6) is 0 Å². The summed E-state index contributed by atoms with van der Waals surface area (Å²) in [5.74, 6) is 2.17. The molecule has 2 aromatic carbocycles. The van der Waals surface area contributed by atoms with Crippen molar-refractivity contribution < 1.29 is 4.79 Å². The van der Waals surface area contributed by atoms with Crippen molar-refractivity contribution in [1.29, 1.82) is 0 Å². The molecular weight excluding hydrogens is 508 g/mol. The molecule has 4 atom stereocenters. The Morgan fingerprint density at radius 1 is 0.732 bits per heavy atom. The van der Waals surface area contributed by atoms with Gasteiger partial charge in [0.15, 0.2) is 6.29 Å². The van der Waals surface area contributed by atoms with Crippen molar-refractivity contribution in [3.8, 4) is 0 Å². The van der Waals surface area contributed by atoms with E-state index in [1.54, 1.807) is 24.5 Å². The minimum atomic E-state index is 0.285. The number of nitrogens with zero attached hydrogens (tertiary/aromatic N) is 2. The van der Waals surface area contributed by atoms with E-state index in [0.717, 1.165) is 18.5 Å². The van der Waals surface area contributed by atoms with Crippen LogP contribution >= 0.6 is 0 Å². The molecule has 7 heteroatoms. The molecule has 2 aliphatic carbocycles. The molecule has 4 unspecified atom stereocenters. The van der Waals surface area contributed by atoms with E-state index in [0.29, 0.717) is 41.6 Å². The Morgan fingerprint density at radius 2 is 1.29 bits per heavy atom. The molecule has 0 radical (unpaired) electrons. The van der Waals surface area contributed by atoms with Crippen LogP contribution in [0.15, 0.2) is 109 Å². The minimum absolute atomic E-state index is 0.285. The van der Waals surface area contributed by atoms with Gasteiger partial charge >= 0.3 is 0 Å². The largest absolute Gasteiger partial charge is 0.383 e. The zero-order chi connectivity index (χ0) is 28.9. The molecule has 0 spiro atoms. The maximum atomic E-state index is 10.1. The summed E-state index contributed by atoms with van der Waals surface area (Å²) >= 11 is 0. The number of aldehydes is 1. The number of nitrogen functional groups attached to an aromatic ring is 2. The molecular formula is C34H38N6O. The number of pyridine rings is 2. The second-order valence-corrected chi connectivity index (χ2v) is 10.1. The van der Waals surface area contributed by atoms with Crippen LogP contribution in [0.25, 0.3) is 12.2 Å². The van der Waals surface area contributed by atoms with Crippen LogP contribution in [0.2, 0.25) is 0 Å². The van der Waals surface area contributed by atoms with E-state index < -0.39 is 0 Å². The number of rotatable bonds is 8. The molecule has 0 saturated heterocycles. The summed E-state index contributed by atoms with van der Waals surface area (Å²) in [6.07, 6.45) is 15.2. The quantitative estimate of drug-likeness (QED) is 0.218. The topological polar surface area (TPSA) is 133 Å². The van der Waals surface area contributed by atoms with Gasteiger partial charge in [-0.05, 0) is 54.0 Å². The summed E-state index contributed by atoms with van der Waals surface area (Å²) in [4.78, 5) is 17.9. The van der Waals surface area contributed by atoms with E-state index in [2.05, 4.69) is 76.0 Å². The predicted molar refractivity (Wildman–Crippen MR) is 168 cm³/mol. The monoisotopic (exact) mass is 546 g/mol. The first kappa shape index (κ1) is 29.4. The lowest BCUT2D eigenvalue weighted by Crippen LogP contribution is -2.18. The fraction of sp³-hybridized carbons (Fsp3) is 0.206. The number of aromatic nitrogens is 2. The molecule has 7 N–H and O–H groups in total. The fourth-order valence-electron chi connectivity index (χ4n) is 4.09. The molecule has 41 heavy (non-hydrogen) atoms. The molecule has 2 fully saturated rings. The highest BCUT2D eigenvalue weighted by molar-refractivity contribution is 5.81. The number of nitrogens with two attached hydrogens (primary N) is 3. The molecule has 0 bridgehead atoms. The number of nitrogens with one attached hydrogen (secondary N) is 1. The lowest BCUT2D eigenvalue weighted by atomic mass is 10.2. The van der Waals surface area contributed by atoms with Crippen molar-refractivity contribution in [3.05, 3.63) is 132 Å². The summed E-state index contributed by atoms with van der Waals surface area (Å²) in [7, 11) is 0. The number of anilines is 2. The smallest absolute Gasteiger partial charge is 0.153 e. The SMILES string of the molecule is NC1CC1/C=C/c1ccccc1.Nc1ncccc1C=O.Nc1ncccc1CNC1CC1/C=C/c1ccccc1. The number of carbonyl (C=O) groups excluding carboxylic acids is 1. The second-order valence-electron chi connectivity index (χ2n) is 10.1.